The van der Waals surface area contributed by atoms with Crippen molar-refractivity contribution in [2.75, 3.05) is 73.6 Å². The van der Waals surface area contributed by atoms with Crippen LogP contribution in [0.2, 0.25) is 5.02 Å². The molecule has 14 heteroatoms. The number of nitrogens with one attached hydrogen (secondary N) is 1. The molecule has 6 saturated heterocycles. The molecule has 7 aliphatic rings. The van der Waals surface area contributed by atoms with Crippen molar-refractivity contribution in [3.05, 3.63) is 93.8 Å². The van der Waals surface area contributed by atoms with Gasteiger partial charge in [0.15, 0.2) is 0 Å². The lowest BCUT2D eigenvalue weighted by Gasteiger charge is -2.40. The van der Waals surface area contributed by atoms with Crippen molar-refractivity contribution in [1.29, 1.82) is 0 Å². The summed E-state index contributed by atoms with van der Waals surface area (Å²) in [5, 5.41) is 2.76. The number of halogens is 1. The Hall–Kier alpha value is -5.45. The number of anilines is 3. The van der Waals surface area contributed by atoms with Crippen LogP contribution in [0.5, 0.6) is 0 Å². The Bertz CT molecular complexity index is 2310. The first kappa shape index (κ1) is 38.7. The van der Waals surface area contributed by atoms with Gasteiger partial charge in [-0.25, -0.2) is 4.85 Å². The van der Waals surface area contributed by atoms with Crippen LogP contribution in [0.15, 0.2) is 60.7 Å². The lowest BCUT2D eigenvalue weighted by molar-refractivity contribution is -0.136. The highest BCUT2D eigenvalue weighted by molar-refractivity contribution is 6.33. The van der Waals surface area contributed by atoms with Crippen LogP contribution in [0.25, 0.3) is 4.85 Å². The largest absolute Gasteiger partial charge is 0.371 e. The fourth-order valence-electron chi connectivity index (χ4n) is 11.2. The molecule has 7 heterocycles. The molecule has 2 bridgehead atoms. The lowest BCUT2D eigenvalue weighted by atomic mass is 9.77. The first-order valence-electron chi connectivity index (χ1n) is 21.5. The lowest BCUT2D eigenvalue weighted by Crippen LogP contribution is -2.54. The second kappa shape index (κ2) is 15.2. The average molecular weight is 829 g/mol. The average Bonchev–Trinajstić information content (AvgIpc) is 4.04. The predicted octanol–water partition coefficient (Wildman–Crippen LogP) is 5.60. The summed E-state index contributed by atoms with van der Waals surface area (Å²) >= 11 is 6.34. The van der Waals surface area contributed by atoms with E-state index >= 15 is 0 Å². The summed E-state index contributed by atoms with van der Waals surface area (Å²) in [7, 11) is 0. The third kappa shape index (κ3) is 6.87. The highest BCUT2D eigenvalue weighted by Crippen LogP contribution is 2.44. The van der Waals surface area contributed by atoms with Gasteiger partial charge in [0.05, 0.1) is 17.7 Å². The van der Waals surface area contributed by atoms with Gasteiger partial charge in [0.2, 0.25) is 17.5 Å². The molecule has 7 aliphatic heterocycles. The normalized spacial score (nSPS) is 25.4. The number of nitrogens with zero attached hydrogens (tertiary/aromatic N) is 7. The summed E-state index contributed by atoms with van der Waals surface area (Å²) in [6.07, 6.45) is 6.57. The van der Waals surface area contributed by atoms with E-state index in [2.05, 4.69) is 41.9 Å². The number of piperidine rings is 3. The van der Waals surface area contributed by atoms with Gasteiger partial charge in [0.25, 0.3) is 17.7 Å². The Labute approximate surface area is 355 Å². The monoisotopic (exact) mass is 828 g/mol. The summed E-state index contributed by atoms with van der Waals surface area (Å²) in [5.74, 6) is -1.23. The number of hydrogen-bond acceptors (Lipinski definition) is 9. The minimum Gasteiger partial charge on any atom is -0.371 e. The number of benzene rings is 3. The van der Waals surface area contributed by atoms with Crippen LogP contribution in [-0.4, -0.2) is 121 Å². The molecule has 3 atom stereocenters. The molecule has 13 nitrogen and oxygen atoms in total. The SMILES string of the molecule is [C-]#[N+]c1ccc(N2CCC3(CCN(C(=O)c4ccc(N5C[C@H]6C[C@@H]5CN6CC5CCN(c6ccc7c(c6)C(=O)N(C6CCC(=O)NC6=O)C7=O)CC5)cc4)CC3)C2)cc1Cl. The Morgan fingerprint density at radius 1 is 0.783 bits per heavy atom. The van der Waals surface area contributed by atoms with Gasteiger partial charge in [-0.1, -0.05) is 17.7 Å². The Kier molecular flexibility index (Phi) is 9.83. The predicted molar refractivity (Wildman–Crippen MR) is 228 cm³/mol. The van der Waals surface area contributed by atoms with Crippen LogP contribution < -0.4 is 20.0 Å². The third-order valence-corrected chi connectivity index (χ3v) is 15.0. The number of fused-ring (bicyclic) bond motifs is 3. The van der Waals surface area contributed by atoms with E-state index in [-0.39, 0.29) is 30.1 Å². The minimum absolute atomic E-state index is 0.0988. The molecule has 5 amide bonds. The molecule has 0 saturated carbocycles. The van der Waals surface area contributed by atoms with Gasteiger partial charge in [-0.3, -0.25) is 39.1 Å². The van der Waals surface area contributed by atoms with Crippen molar-refractivity contribution in [3.8, 4) is 0 Å². The Morgan fingerprint density at radius 2 is 1.48 bits per heavy atom. The van der Waals surface area contributed by atoms with Crippen molar-refractivity contribution in [2.45, 2.75) is 69.5 Å². The van der Waals surface area contributed by atoms with Crippen molar-refractivity contribution in [2.24, 2.45) is 11.3 Å². The highest BCUT2D eigenvalue weighted by Gasteiger charge is 2.46. The summed E-state index contributed by atoms with van der Waals surface area (Å²) in [4.78, 5) is 80.7. The molecule has 60 heavy (non-hydrogen) atoms. The molecule has 0 aromatic heterocycles. The van der Waals surface area contributed by atoms with Gasteiger partial charge in [0.1, 0.15) is 6.04 Å². The van der Waals surface area contributed by atoms with Crippen LogP contribution in [0.1, 0.15) is 82.4 Å². The maximum absolute atomic E-state index is 13.6. The molecule has 3 aromatic rings. The third-order valence-electron chi connectivity index (χ3n) is 14.7. The molecule has 310 valence electrons. The van der Waals surface area contributed by atoms with Gasteiger partial charge in [-0.05, 0) is 111 Å². The van der Waals surface area contributed by atoms with Crippen molar-refractivity contribution < 1.29 is 24.0 Å². The molecule has 1 unspecified atom stereocenters. The zero-order chi connectivity index (χ0) is 41.3. The topological polar surface area (TPSA) is 121 Å². The van der Waals surface area contributed by atoms with Gasteiger partial charge < -0.3 is 19.6 Å². The summed E-state index contributed by atoms with van der Waals surface area (Å²) < 4.78 is 0. The fourth-order valence-corrected chi connectivity index (χ4v) is 11.4. The zero-order valence-corrected chi connectivity index (χ0v) is 34.4. The van der Waals surface area contributed by atoms with E-state index in [0.717, 1.165) is 119 Å². The van der Waals surface area contributed by atoms with Crippen LogP contribution in [-0.2, 0) is 9.59 Å². The minimum atomic E-state index is -0.965. The number of carbonyl (C=O) groups is 5. The van der Waals surface area contributed by atoms with Crippen molar-refractivity contribution >= 4 is 63.9 Å². The molecular weight excluding hydrogens is 780 g/mol. The fraction of sp³-hybridized carbons (Fsp3) is 0.478. The zero-order valence-electron chi connectivity index (χ0n) is 33.7. The molecule has 0 aliphatic carbocycles. The van der Waals surface area contributed by atoms with E-state index in [9.17, 15) is 24.0 Å². The maximum Gasteiger partial charge on any atom is 0.262 e. The van der Waals surface area contributed by atoms with E-state index in [0.29, 0.717) is 39.8 Å². The molecule has 1 N–H and O–H groups in total. The van der Waals surface area contributed by atoms with E-state index in [1.165, 1.54) is 5.69 Å². The quantitative estimate of drug-likeness (QED) is 0.240. The van der Waals surface area contributed by atoms with Crippen LogP contribution in [0.3, 0.4) is 0 Å². The highest BCUT2D eigenvalue weighted by atomic mass is 35.5. The van der Waals surface area contributed by atoms with Crippen LogP contribution in [0, 0.1) is 17.9 Å². The number of imide groups is 2. The van der Waals surface area contributed by atoms with Gasteiger partial charge >= 0.3 is 0 Å². The van der Waals surface area contributed by atoms with Crippen LogP contribution in [0.4, 0.5) is 22.7 Å². The number of likely N-dealkylation sites (tertiary alicyclic amines) is 2. The smallest absolute Gasteiger partial charge is 0.262 e. The Balaban J connectivity index is 0.683. The van der Waals surface area contributed by atoms with Gasteiger partial charge in [-0.2, -0.15) is 0 Å². The molecule has 3 aromatic carbocycles. The van der Waals surface area contributed by atoms with Crippen molar-refractivity contribution in [1.82, 2.24) is 20.0 Å². The van der Waals surface area contributed by atoms with Crippen molar-refractivity contribution in [3.63, 3.8) is 0 Å². The summed E-state index contributed by atoms with van der Waals surface area (Å²) in [6, 6.07) is 19.4. The van der Waals surface area contributed by atoms with E-state index in [1.807, 2.05) is 35.2 Å². The van der Waals surface area contributed by atoms with Gasteiger partial charge in [0, 0.05) is 105 Å². The van der Waals surface area contributed by atoms with Gasteiger partial charge in [-0.15, -0.1) is 0 Å². The van der Waals surface area contributed by atoms with E-state index in [4.69, 9.17) is 18.2 Å². The number of hydrogen-bond donors (Lipinski definition) is 1. The molecule has 10 rings (SSSR count). The first-order valence-corrected chi connectivity index (χ1v) is 21.9. The maximum atomic E-state index is 13.6. The number of rotatable bonds is 7. The number of piperazine rings is 1. The molecular formula is C46H49ClN8O5. The summed E-state index contributed by atoms with van der Waals surface area (Å²) in [5.41, 5.74) is 5.24. The Morgan fingerprint density at radius 3 is 2.18 bits per heavy atom. The van der Waals surface area contributed by atoms with E-state index in [1.54, 1.807) is 18.2 Å². The number of carbonyl (C=O) groups excluding carboxylic acids is 5. The second-order valence-corrected chi connectivity index (χ2v) is 18.4. The van der Waals surface area contributed by atoms with E-state index < -0.39 is 23.8 Å². The first-order chi connectivity index (χ1) is 29.1. The second-order valence-electron chi connectivity index (χ2n) is 18.0. The standard InChI is InChI=1S/C46H49ClN8O5/c1-48-39-9-7-33(24-38(39)47)52-21-16-46(28-52)14-19-51(20-15-46)43(58)30-2-4-31(5-3-30)54-27-34-22-35(54)26-53(34)25-29-12-17-50(18-13-29)32-6-8-36-37(23-32)45(60)55(44(36)59)40-10-11-41(56)49-42(40)57/h2-9,23-24,29,34-35,40H,10-22,25-28H2,(H,49,56,57)/t34-,35-,40?/m1/s1. The van der Waals surface area contributed by atoms with Crippen LogP contribution >= 0.6 is 11.6 Å². The molecule has 0 radical (unpaired) electrons. The molecule has 6 fully saturated rings. The number of amides is 5. The molecule has 1 spiro atoms. The summed E-state index contributed by atoms with van der Waals surface area (Å²) in [6.45, 7) is 15.6.